The third-order valence-corrected chi connectivity index (χ3v) is 9.43. The zero-order chi connectivity index (χ0) is 33.0. The van der Waals surface area contributed by atoms with Crippen molar-refractivity contribution in [3.05, 3.63) is 164 Å². The molecule has 0 saturated carbocycles. The van der Waals surface area contributed by atoms with Crippen LogP contribution in [0.1, 0.15) is 0 Å². The monoisotopic (exact) mass is 641 g/mol. The molecular weight excluding hydrogens is 615 g/mol. The van der Waals surface area contributed by atoms with E-state index in [0.29, 0.717) is 5.82 Å². The van der Waals surface area contributed by atoms with Crippen LogP contribution in [0.5, 0.6) is 0 Å². The third-order valence-electron chi connectivity index (χ3n) is 9.43. The molecule has 0 aliphatic rings. The van der Waals surface area contributed by atoms with E-state index < -0.39 is 0 Å². The van der Waals surface area contributed by atoms with E-state index in [4.69, 9.17) is 18.8 Å². The summed E-state index contributed by atoms with van der Waals surface area (Å²) in [7, 11) is 0. The highest BCUT2D eigenvalue weighted by atomic mass is 16.3. The molecule has 6 aromatic carbocycles. The zero-order valence-corrected chi connectivity index (χ0v) is 26.7. The van der Waals surface area contributed by atoms with Gasteiger partial charge in [0.25, 0.3) is 0 Å². The molecule has 10 aromatic rings. The molecule has 0 amide bonds. The lowest BCUT2D eigenvalue weighted by Gasteiger charge is -2.12. The lowest BCUT2D eigenvalue weighted by molar-refractivity contribution is 0.668. The summed E-state index contributed by atoms with van der Waals surface area (Å²) in [4.78, 5) is 14.7. The van der Waals surface area contributed by atoms with Crippen LogP contribution in [-0.4, -0.2) is 15.0 Å². The predicted molar refractivity (Wildman–Crippen MR) is 202 cm³/mol. The maximum atomic E-state index is 6.74. The summed E-state index contributed by atoms with van der Waals surface area (Å²) >= 11 is 0. The minimum absolute atomic E-state index is 0.630. The summed E-state index contributed by atoms with van der Waals surface area (Å²) in [5.74, 6) is 0.630. The third kappa shape index (κ3) is 4.60. The molecule has 0 spiro atoms. The minimum Gasteiger partial charge on any atom is -0.456 e. The Bertz CT molecular complexity index is 2870. The topological polar surface area (TPSA) is 65.0 Å². The Morgan fingerprint density at radius 1 is 0.380 bits per heavy atom. The van der Waals surface area contributed by atoms with Crippen LogP contribution in [-0.2, 0) is 0 Å². The van der Waals surface area contributed by atoms with E-state index in [1.54, 1.807) is 0 Å². The van der Waals surface area contributed by atoms with E-state index in [0.717, 1.165) is 94.2 Å². The van der Waals surface area contributed by atoms with Gasteiger partial charge < -0.3 is 8.83 Å². The van der Waals surface area contributed by atoms with Crippen molar-refractivity contribution in [2.45, 2.75) is 0 Å². The summed E-state index contributed by atoms with van der Waals surface area (Å²) in [6.45, 7) is 0. The number of aromatic nitrogens is 3. The van der Waals surface area contributed by atoms with Crippen LogP contribution in [0.25, 0.3) is 100 Å². The Hall–Kier alpha value is -6.85. The minimum atomic E-state index is 0.630. The van der Waals surface area contributed by atoms with Crippen molar-refractivity contribution >= 4 is 43.9 Å². The molecule has 50 heavy (non-hydrogen) atoms. The summed E-state index contributed by atoms with van der Waals surface area (Å²) < 4.78 is 13.0. The van der Waals surface area contributed by atoms with Crippen molar-refractivity contribution in [3.8, 4) is 56.2 Å². The first-order chi connectivity index (χ1) is 24.8. The molecule has 0 atom stereocenters. The molecule has 0 aliphatic heterocycles. The van der Waals surface area contributed by atoms with Crippen molar-refractivity contribution in [2.75, 3.05) is 0 Å². The largest absolute Gasteiger partial charge is 0.456 e. The van der Waals surface area contributed by atoms with Gasteiger partial charge in [-0.05, 0) is 71.3 Å². The number of fused-ring (bicyclic) bond motifs is 6. The van der Waals surface area contributed by atoms with Gasteiger partial charge in [0.15, 0.2) is 5.82 Å². The highest BCUT2D eigenvalue weighted by molar-refractivity contribution is 6.20. The molecule has 0 aliphatic carbocycles. The van der Waals surface area contributed by atoms with Crippen LogP contribution >= 0.6 is 0 Å². The Labute approximate surface area is 287 Å². The molecule has 0 fully saturated rings. The maximum absolute atomic E-state index is 6.74. The summed E-state index contributed by atoms with van der Waals surface area (Å²) in [5.41, 5.74) is 12.1. The van der Waals surface area contributed by atoms with Crippen molar-refractivity contribution in [1.82, 2.24) is 15.0 Å². The molecule has 5 heteroatoms. The Morgan fingerprint density at radius 3 is 1.82 bits per heavy atom. The first-order valence-electron chi connectivity index (χ1n) is 16.6. The van der Waals surface area contributed by atoms with E-state index in [1.165, 1.54) is 0 Å². The van der Waals surface area contributed by atoms with Crippen LogP contribution in [0.4, 0.5) is 0 Å². The quantitative estimate of drug-likeness (QED) is 0.187. The molecule has 0 bridgehead atoms. The molecular formula is C45H27N3O2. The number of pyridine rings is 1. The molecule has 5 nitrogen and oxygen atoms in total. The lowest BCUT2D eigenvalue weighted by Crippen LogP contribution is -1.97. The Morgan fingerprint density at radius 2 is 1.00 bits per heavy atom. The molecule has 234 valence electrons. The Balaban J connectivity index is 1.23. The first kappa shape index (κ1) is 28.2. The average Bonchev–Trinajstić information content (AvgIpc) is 3.77. The second-order valence-corrected chi connectivity index (χ2v) is 12.4. The van der Waals surface area contributed by atoms with Gasteiger partial charge in [-0.15, -0.1) is 0 Å². The van der Waals surface area contributed by atoms with Gasteiger partial charge in [-0.2, -0.15) is 0 Å². The number of hydrogen-bond donors (Lipinski definition) is 0. The van der Waals surface area contributed by atoms with E-state index in [-0.39, 0.29) is 0 Å². The SMILES string of the molecule is c1ccc(-c2cc(-c3cccc(-c4ccncc4)c3)nc(-c3ccc(-c4cccc5oc6ccccc6c45)c4oc5ccccc5c34)n2)cc1. The molecule has 4 aromatic heterocycles. The average molecular weight is 642 g/mol. The predicted octanol–water partition coefficient (Wildman–Crippen LogP) is 12.0. The highest BCUT2D eigenvalue weighted by Gasteiger charge is 2.22. The van der Waals surface area contributed by atoms with Gasteiger partial charge in [0.2, 0.25) is 0 Å². The maximum Gasteiger partial charge on any atom is 0.161 e. The summed E-state index contributed by atoms with van der Waals surface area (Å²) in [6.07, 6.45) is 3.63. The van der Waals surface area contributed by atoms with Gasteiger partial charge in [-0.1, -0.05) is 97.1 Å². The number of hydrogen-bond acceptors (Lipinski definition) is 5. The zero-order valence-electron chi connectivity index (χ0n) is 26.7. The van der Waals surface area contributed by atoms with Gasteiger partial charge in [-0.25, -0.2) is 9.97 Å². The molecule has 0 saturated heterocycles. The van der Waals surface area contributed by atoms with E-state index in [1.807, 2.05) is 79.1 Å². The van der Waals surface area contributed by atoms with Gasteiger partial charge in [-0.3, -0.25) is 4.98 Å². The van der Waals surface area contributed by atoms with Crippen LogP contribution in [0, 0.1) is 0 Å². The molecule has 4 heterocycles. The van der Waals surface area contributed by atoms with E-state index in [2.05, 4.69) is 89.9 Å². The fourth-order valence-electron chi connectivity index (χ4n) is 7.10. The van der Waals surface area contributed by atoms with Crippen LogP contribution in [0.3, 0.4) is 0 Å². The van der Waals surface area contributed by atoms with Gasteiger partial charge in [0.1, 0.15) is 22.3 Å². The molecule has 0 N–H and O–H groups in total. The number of benzene rings is 6. The van der Waals surface area contributed by atoms with Gasteiger partial charge in [0, 0.05) is 56.2 Å². The fourth-order valence-corrected chi connectivity index (χ4v) is 7.10. The van der Waals surface area contributed by atoms with Crippen LogP contribution in [0.2, 0.25) is 0 Å². The highest BCUT2D eigenvalue weighted by Crippen LogP contribution is 2.45. The van der Waals surface area contributed by atoms with Crippen molar-refractivity contribution in [3.63, 3.8) is 0 Å². The number of rotatable bonds is 5. The molecule has 10 rings (SSSR count). The lowest BCUT2D eigenvalue weighted by atomic mass is 9.95. The normalized spacial score (nSPS) is 11.6. The Kier molecular flexibility index (Phi) is 6.42. The number of nitrogens with zero attached hydrogens (tertiary/aromatic N) is 3. The molecule has 0 unspecified atom stereocenters. The summed E-state index contributed by atoms with van der Waals surface area (Å²) in [5, 5.41) is 4.13. The smallest absolute Gasteiger partial charge is 0.161 e. The van der Waals surface area contributed by atoms with Crippen molar-refractivity contribution < 1.29 is 8.83 Å². The second kappa shape index (κ2) is 11.4. The number of para-hydroxylation sites is 2. The van der Waals surface area contributed by atoms with Gasteiger partial charge in [0.05, 0.1) is 11.4 Å². The molecule has 0 radical (unpaired) electrons. The first-order valence-corrected chi connectivity index (χ1v) is 16.6. The second-order valence-electron chi connectivity index (χ2n) is 12.4. The van der Waals surface area contributed by atoms with Gasteiger partial charge >= 0.3 is 0 Å². The van der Waals surface area contributed by atoms with Crippen molar-refractivity contribution in [2.24, 2.45) is 0 Å². The van der Waals surface area contributed by atoms with Crippen molar-refractivity contribution in [1.29, 1.82) is 0 Å². The van der Waals surface area contributed by atoms with Crippen LogP contribution in [0.15, 0.2) is 173 Å². The van der Waals surface area contributed by atoms with E-state index in [9.17, 15) is 0 Å². The standard InChI is InChI=1S/C45H27N3O2/c1-2-10-29(11-3-1)37-27-38(31-13-8-12-30(26-31)28-22-24-46-25-23-28)48-45(47-37)36-21-20-33(44-43(36)35-15-5-7-18-40(35)50-44)32-16-9-19-41-42(32)34-14-4-6-17-39(34)49-41/h1-27H. The van der Waals surface area contributed by atoms with Crippen LogP contribution < -0.4 is 0 Å². The number of furan rings is 2. The fraction of sp³-hybridized carbons (Fsp3) is 0. The summed E-state index contributed by atoms with van der Waals surface area (Å²) in [6, 6.07) is 51.7. The van der Waals surface area contributed by atoms with E-state index >= 15 is 0 Å².